The quantitative estimate of drug-likeness (QED) is 0.914. The molecule has 0 aromatic heterocycles. The molecule has 0 saturated heterocycles. The fraction of sp³-hybridized carbons (Fsp3) is 0.250. The Morgan fingerprint density at radius 1 is 1.16 bits per heavy atom. The van der Waals surface area contributed by atoms with Crippen molar-refractivity contribution >= 4 is 11.8 Å². The fourth-order valence-electron chi connectivity index (χ4n) is 2.55. The normalized spacial score (nSPS) is 13.0. The first-order valence-corrected chi connectivity index (χ1v) is 8.22. The highest BCUT2D eigenvalue weighted by Gasteiger charge is 2.23. The third-order valence-corrected chi connectivity index (χ3v) is 4.13. The first-order valence-electron chi connectivity index (χ1n) is 8.22. The molecule has 25 heavy (non-hydrogen) atoms. The molecule has 0 unspecified atom stereocenters. The number of carbonyl (C=O) groups is 2. The SMILES string of the molecule is CN(Cc1ccc(C(=O)NC2CC2)cc1)C(=O)c1cccc(C#N)c1. The van der Waals surface area contributed by atoms with Gasteiger partial charge in [-0.25, -0.2) is 0 Å². The smallest absolute Gasteiger partial charge is 0.253 e. The Kier molecular flexibility index (Phi) is 4.80. The molecule has 1 N–H and O–H groups in total. The summed E-state index contributed by atoms with van der Waals surface area (Å²) in [6, 6.07) is 16.3. The molecule has 5 heteroatoms. The largest absolute Gasteiger partial charge is 0.349 e. The van der Waals surface area contributed by atoms with E-state index in [1.54, 1.807) is 48.3 Å². The van der Waals surface area contributed by atoms with Crippen molar-refractivity contribution in [3.05, 3.63) is 70.8 Å². The number of hydrogen-bond acceptors (Lipinski definition) is 3. The Morgan fingerprint density at radius 2 is 1.88 bits per heavy atom. The van der Waals surface area contributed by atoms with E-state index in [9.17, 15) is 9.59 Å². The van der Waals surface area contributed by atoms with Crippen LogP contribution in [0.1, 0.15) is 44.7 Å². The molecule has 1 aliphatic carbocycles. The molecule has 0 radical (unpaired) electrons. The summed E-state index contributed by atoms with van der Waals surface area (Å²) in [5, 5.41) is 11.9. The predicted molar refractivity (Wildman–Crippen MR) is 93.9 cm³/mol. The van der Waals surface area contributed by atoms with E-state index in [-0.39, 0.29) is 11.8 Å². The first kappa shape index (κ1) is 16.7. The predicted octanol–water partition coefficient (Wildman–Crippen LogP) is 2.72. The number of amides is 2. The topological polar surface area (TPSA) is 73.2 Å². The Morgan fingerprint density at radius 3 is 2.52 bits per heavy atom. The zero-order valence-electron chi connectivity index (χ0n) is 14.0. The number of benzene rings is 2. The molecule has 1 saturated carbocycles. The van der Waals surface area contributed by atoms with Crippen molar-refractivity contribution in [1.29, 1.82) is 5.26 Å². The van der Waals surface area contributed by atoms with Crippen LogP contribution in [0.5, 0.6) is 0 Å². The molecule has 5 nitrogen and oxygen atoms in total. The lowest BCUT2D eigenvalue weighted by atomic mass is 10.1. The van der Waals surface area contributed by atoms with Gasteiger partial charge in [0.25, 0.3) is 11.8 Å². The van der Waals surface area contributed by atoms with Gasteiger partial charge in [0.1, 0.15) is 0 Å². The molecular formula is C20H19N3O2. The van der Waals surface area contributed by atoms with Gasteiger partial charge < -0.3 is 10.2 Å². The number of nitrogens with one attached hydrogen (secondary N) is 1. The van der Waals surface area contributed by atoms with Gasteiger partial charge in [-0.2, -0.15) is 5.26 Å². The Labute approximate surface area is 146 Å². The van der Waals surface area contributed by atoms with Gasteiger partial charge in [0.05, 0.1) is 11.6 Å². The van der Waals surface area contributed by atoms with Crippen LogP contribution in [0.25, 0.3) is 0 Å². The van der Waals surface area contributed by atoms with Crippen LogP contribution < -0.4 is 5.32 Å². The maximum Gasteiger partial charge on any atom is 0.253 e. The van der Waals surface area contributed by atoms with Crippen LogP contribution in [0, 0.1) is 11.3 Å². The van der Waals surface area contributed by atoms with Crippen LogP contribution in [0.2, 0.25) is 0 Å². The molecule has 2 amide bonds. The molecule has 3 rings (SSSR count). The zero-order valence-corrected chi connectivity index (χ0v) is 14.0. The Hall–Kier alpha value is -3.13. The van der Waals surface area contributed by atoms with Crippen LogP contribution in [0.4, 0.5) is 0 Å². The zero-order chi connectivity index (χ0) is 17.8. The molecule has 0 spiro atoms. The summed E-state index contributed by atoms with van der Waals surface area (Å²) in [7, 11) is 1.72. The van der Waals surface area contributed by atoms with E-state index in [1.807, 2.05) is 18.2 Å². The maximum absolute atomic E-state index is 12.5. The second-order valence-corrected chi connectivity index (χ2v) is 6.30. The summed E-state index contributed by atoms with van der Waals surface area (Å²) in [6.45, 7) is 0.431. The van der Waals surface area contributed by atoms with E-state index >= 15 is 0 Å². The molecular weight excluding hydrogens is 314 g/mol. The van der Waals surface area contributed by atoms with Crippen LogP contribution in [-0.2, 0) is 6.54 Å². The summed E-state index contributed by atoms with van der Waals surface area (Å²) in [6.07, 6.45) is 2.12. The molecule has 2 aromatic carbocycles. The van der Waals surface area contributed by atoms with Gasteiger partial charge in [-0.3, -0.25) is 9.59 Å². The fourth-order valence-corrected chi connectivity index (χ4v) is 2.55. The second-order valence-electron chi connectivity index (χ2n) is 6.30. The third kappa shape index (κ3) is 4.24. The summed E-state index contributed by atoms with van der Waals surface area (Å²) in [5.74, 6) is -0.195. The summed E-state index contributed by atoms with van der Waals surface area (Å²) < 4.78 is 0. The molecule has 2 aromatic rings. The van der Waals surface area contributed by atoms with Crippen LogP contribution in [0.3, 0.4) is 0 Å². The molecule has 0 aliphatic heterocycles. The van der Waals surface area contributed by atoms with Crippen molar-refractivity contribution in [2.45, 2.75) is 25.4 Å². The standard InChI is InChI=1S/C20H19N3O2/c1-23(20(25)17-4-2-3-15(11-17)12-21)13-14-5-7-16(8-6-14)19(24)22-18-9-10-18/h2-8,11,18H,9-10,13H2,1H3,(H,22,24). The molecule has 126 valence electrons. The van der Waals surface area contributed by atoms with Crippen molar-refractivity contribution in [3.63, 3.8) is 0 Å². The molecule has 0 atom stereocenters. The molecule has 0 bridgehead atoms. The van der Waals surface area contributed by atoms with E-state index in [2.05, 4.69) is 5.32 Å². The van der Waals surface area contributed by atoms with E-state index in [0.29, 0.717) is 29.3 Å². The minimum absolute atomic E-state index is 0.0493. The molecule has 1 aliphatic rings. The molecule has 1 fully saturated rings. The van der Waals surface area contributed by atoms with E-state index in [0.717, 1.165) is 18.4 Å². The number of hydrogen-bond donors (Lipinski definition) is 1. The van der Waals surface area contributed by atoms with Gasteiger partial charge in [-0.1, -0.05) is 18.2 Å². The van der Waals surface area contributed by atoms with Gasteiger partial charge in [-0.15, -0.1) is 0 Å². The average molecular weight is 333 g/mol. The summed E-state index contributed by atoms with van der Waals surface area (Å²) in [5.41, 5.74) is 2.52. The van der Waals surface area contributed by atoms with Crippen molar-refractivity contribution in [2.75, 3.05) is 7.05 Å². The number of rotatable bonds is 5. The maximum atomic E-state index is 12.5. The lowest BCUT2D eigenvalue weighted by molar-refractivity contribution is 0.0784. The van der Waals surface area contributed by atoms with Gasteiger partial charge in [0, 0.05) is 30.8 Å². The minimum Gasteiger partial charge on any atom is -0.349 e. The lowest BCUT2D eigenvalue weighted by Gasteiger charge is -2.17. The number of nitriles is 1. The van der Waals surface area contributed by atoms with Crippen molar-refractivity contribution in [3.8, 4) is 6.07 Å². The van der Waals surface area contributed by atoms with Gasteiger partial charge in [-0.05, 0) is 48.7 Å². The van der Waals surface area contributed by atoms with Crippen LogP contribution in [0.15, 0.2) is 48.5 Å². The third-order valence-electron chi connectivity index (χ3n) is 4.13. The highest BCUT2D eigenvalue weighted by atomic mass is 16.2. The summed E-state index contributed by atoms with van der Waals surface area (Å²) >= 11 is 0. The Balaban J connectivity index is 1.63. The van der Waals surface area contributed by atoms with Gasteiger partial charge in [0.15, 0.2) is 0 Å². The highest BCUT2D eigenvalue weighted by molar-refractivity contribution is 5.95. The first-order chi connectivity index (χ1) is 12.1. The molecule has 0 heterocycles. The van der Waals surface area contributed by atoms with E-state index in [4.69, 9.17) is 5.26 Å². The average Bonchev–Trinajstić information content (AvgIpc) is 3.45. The Bertz CT molecular complexity index is 833. The monoisotopic (exact) mass is 333 g/mol. The second kappa shape index (κ2) is 7.18. The summed E-state index contributed by atoms with van der Waals surface area (Å²) in [4.78, 5) is 26.0. The van der Waals surface area contributed by atoms with E-state index in [1.165, 1.54) is 0 Å². The van der Waals surface area contributed by atoms with Gasteiger partial charge in [0.2, 0.25) is 0 Å². The van der Waals surface area contributed by atoms with Crippen molar-refractivity contribution in [2.24, 2.45) is 0 Å². The van der Waals surface area contributed by atoms with Crippen LogP contribution >= 0.6 is 0 Å². The number of carbonyl (C=O) groups excluding carboxylic acids is 2. The number of nitrogens with zero attached hydrogens (tertiary/aromatic N) is 2. The lowest BCUT2D eigenvalue weighted by Crippen LogP contribution is -2.27. The van der Waals surface area contributed by atoms with E-state index < -0.39 is 0 Å². The van der Waals surface area contributed by atoms with Crippen LogP contribution in [-0.4, -0.2) is 29.8 Å². The minimum atomic E-state index is -0.146. The highest BCUT2D eigenvalue weighted by Crippen LogP contribution is 2.19. The van der Waals surface area contributed by atoms with Crippen molar-refractivity contribution < 1.29 is 9.59 Å². The van der Waals surface area contributed by atoms with Crippen molar-refractivity contribution in [1.82, 2.24) is 10.2 Å². The van der Waals surface area contributed by atoms with Gasteiger partial charge >= 0.3 is 0 Å².